The van der Waals surface area contributed by atoms with Crippen LogP contribution in [0.2, 0.25) is 0 Å². The Morgan fingerprint density at radius 1 is 1.26 bits per heavy atom. The Morgan fingerprint density at radius 3 is 2.65 bits per heavy atom. The first-order valence-electron chi connectivity index (χ1n) is 6.70. The molecule has 2 rings (SSSR count). The third-order valence-electron chi connectivity index (χ3n) is 3.22. The minimum atomic E-state index is -0.673. The fourth-order valence-corrected chi connectivity index (χ4v) is 2.02. The molecule has 0 aliphatic heterocycles. The van der Waals surface area contributed by atoms with Gasteiger partial charge in [-0.15, -0.1) is 0 Å². The van der Waals surface area contributed by atoms with Gasteiger partial charge >= 0.3 is 11.7 Å². The predicted molar refractivity (Wildman–Crippen MR) is 82.5 cm³/mol. The molecule has 23 heavy (non-hydrogen) atoms. The molecule has 1 aromatic carbocycles. The molecule has 0 aliphatic carbocycles. The normalized spacial score (nSPS) is 10.2. The highest BCUT2D eigenvalue weighted by Gasteiger charge is 2.13. The van der Waals surface area contributed by atoms with E-state index in [4.69, 9.17) is 0 Å². The van der Waals surface area contributed by atoms with Gasteiger partial charge in [-0.3, -0.25) is 19.1 Å². The Morgan fingerprint density at radius 2 is 2.00 bits per heavy atom. The molecule has 0 aliphatic rings. The van der Waals surface area contributed by atoms with Crippen LogP contribution in [0.4, 0.5) is 5.69 Å². The molecule has 0 atom stereocenters. The van der Waals surface area contributed by atoms with Gasteiger partial charge in [0.15, 0.2) is 0 Å². The number of H-pyrrole nitrogens is 1. The number of nitrogens with zero attached hydrogens (tertiary/aromatic N) is 1. The third-order valence-corrected chi connectivity index (χ3v) is 3.22. The molecule has 0 spiro atoms. The lowest BCUT2D eigenvalue weighted by Crippen LogP contribution is -2.32. The van der Waals surface area contributed by atoms with Crippen molar-refractivity contribution >= 4 is 17.6 Å². The van der Waals surface area contributed by atoms with Crippen LogP contribution in [0, 0.1) is 6.92 Å². The van der Waals surface area contributed by atoms with Crippen LogP contribution in [0.15, 0.2) is 40.1 Å². The zero-order valence-electron chi connectivity index (χ0n) is 12.6. The van der Waals surface area contributed by atoms with E-state index in [0.717, 1.165) is 10.6 Å². The maximum Gasteiger partial charge on any atom is 0.338 e. The summed E-state index contributed by atoms with van der Waals surface area (Å²) in [5, 5.41) is 2.62. The summed E-state index contributed by atoms with van der Waals surface area (Å²) in [6, 6.07) is 5.98. The number of aromatic amines is 1. The number of rotatable bonds is 4. The Labute approximate surface area is 130 Å². The van der Waals surface area contributed by atoms with E-state index in [2.05, 4.69) is 15.0 Å². The summed E-state index contributed by atoms with van der Waals surface area (Å²) in [7, 11) is 1.27. The molecule has 1 amide bonds. The highest BCUT2D eigenvalue weighted by Crippen LogP contribution is 2.19. The fraction of sp³-hybridized carbons (Fsp3) is 0.200. The van der Waals surface area contributed by atoms with Gasteiger partial charge in [0.05, 0.1) is 12.7 Å². The smallest absolute Gasteiger partial charge is 0.338 e. The molecule has 2 N–H and O–H groups in total. The van der Waals surface area contributed by atoms with Crippen LogP contribution in [0.5, 0.6) is 0 Å². The number of hydrogen-bond acceptors (Lipinski definition) is 5. The van der Waals surface area contributed by atoms with Crippen LogP contribution in [0.3, 0.4) is 0 Å². The van der Waals surface area contributed by atoms with Gasteiger partial charge in [0, 0.05) is 18.0 Å². The SMILES string of the molecule is COC(=O)c1cccc(NC(=O)Cn2ccc(=O)[nH]c2=O)c1C. The zero-order valence-corrected chi connectivity index (χ0v) is 12.6. The average molecular weight is 317 g/mol. The van der Waals surface area contributed by atoms with Gasteiger partial charge in [-0.2, -0.15) is 0 Å². The number of benzene rings is 1. The van der Waals surface area contributed by atoms with E-state index in [1.807, 2.05) is 0 Å². The maximum atomic E-state index is 12.0. The van der Waals surface area contributed by atoms with Crippen molar-refractivity contribution in [2.45, 2.75) is 13.5 Å². The lowest BCUT2D eigenvalue weighted by atomic mass is 10.1. The molecule has 1 heterocycles. The van der Waals surface area contributed by atoms with E-state index in [1.54, 1.807) is 25.1 Å². The molecule has 8 nitrogen and oxygen atoms in total. The minimum Gasteiger partial charge on any atom is -0.465 e. The molecule has 0 bridgehead atoms. The summed E-state index contributed by atoms with van der Waals surface area (Å²) in [6.07, 6.45) is 1.23. The van der Waals surface area contributed by atoms with Gasteiger partial charge in [-0.05, 0) is 24.6 Å². The first-order chi connectivity index (χ1) is 10.9. The second-order valence-electron chi connectivity index (χ2n) is 4.76. The molecule has 0 saturated carbocycles. The largest absolute Gasteiger partial charge is 0.465 e. The predicted octanol–water partition coefficient (Wildman–Crippen LogP) is 0.270. The summed E-state index contributed by atoms with van der Waals surface area (Å²) in [5.74, 6) is -0.972. The zero-order chi connectivity index (χ0) is 17.0. The van der Waals surface area contributed by atoms with Gasteiger partial charge < -0.3 is 10.1 Å². The van der Waals surface area contributed by atoms with E-state index in [1.165, 1.54) is 13.3 Å². The molecule has 1 aromatic heterocycles. The first kappa shape index (κ1) is 16.2. The highest BCUT2D eigenvalue weighted by atomic mass is 16.5. The Hall–Kier alpha value is -3.16. The number of anilines is 1. The van der Waals surface area contributed by atoms with Crippen molar-refractivity contribution in [3.63, 3.8) is 0 Å². The fourth-order valence-electron chi connectivity index (χ4n) is 2.02. The number of carbonyl (C=O) groups excluding carboxylic acids is 2. The summed E-state index contributed by atoms with van der Waals surface area (Å²) in [4.78, 5) is 48.3. The van der Waals surface area contributed by atoms with Crippen LogP contribution >= 0.6 is 0 Å². The van der Waals surface area contributed by atoms with Crippen molar-refractivity contribution in [2.75, 3.05) is 12.4 Å². The van der Waals surface area contributed by atoms with Crippen LogP contribution < -0.4 is 16.6 Å². The molecular formula is C15H15N3O5. The van der Waals surface area contributed by atoms with Crippen LogP contribution in [0.25, 0.3) is 0 Å². The minimum absolute atomic E-state index is 0.266. The van der Waals surface area contributed by atoms with Crippen molar-refractivity contribution in [3.05, 3.63) is 62.4 Å². The topological polar surface area (TPSA) is 110 Å². The first-order valence-corrected chi connectivity index (χ1v) is 6.70. The van der Waals surface area contributed by atoms with Gasteiger partial charge in [-0.1, -0.05) is 6.07 Å². The molecule has 0 radical (unpaired) electrons. The van der Waals surface area contributed by atoms with Gasteiger partial charge in [-0.25, -0.2) is 9.59 Å². The lowest BCUT2D eigenvalue weighted by molar-refractivity contribution is -0.116. The molecular weight excluding hydrogens is 302 g/mol. The van der Waals surface area contributed by atoms with Crippen molar-refractivity contribution < 1.29 is 14.3 Å². The monoisotopic (exact) mass is 317 g/mol. The lowest BCUT2D eigenvalue weighted by Gasteiger charge is -2.11. The van der Waals surface area contributed by atoms with E-state index < -0.39 is 23.1 Å². The Kier molecular flexibility index (Phi) is 4.75. The molecule has 0 saturated heterocycles. The van der Waals surface area contributed by atoms with Crippen molar-refractivity contribution in [1.82, 2.24) is 9.55 Å². The summed E-state index contributed by atoms with van der Waals surface area (Å²) < 4.78 is 5.73. The van der Waals surface area contributed by atoms with E-state index in [0.29, 0.717) is 16.8 Å². The molecule has 2 aromatic rings. The van der Waals surface area contributed by atoms with Gasteiger partial charge in [0.1, 0.15) is 6.54 Å². The highest BCUT2D eigenvalue weighted by molar-refractivity contribution is 5.96. The number of aromatic nitrogens is 2. The van der Waals surface area contributed by atoms with Crippen LogP contribution in [0.1, 0.15) is 15.9 Å². The van der Waals surface area contributed by atoms with E-state index in [9.17, 15) is 19.2 Å². The number of amides is 1. The molecule has 0 fully saturated rings. The second-order valence-corrected chi connectivity index (χ2v) is 4.76. The Balaban J connectivity index is 2.19. The molecule has 0 unspecified atom stereocenters. The van der Waals surface area contributed by atoms with Crippen molar-refractivity contribution in [1.29, 1.82) is 0 Å². The average Bonchev–Trinajstić information content (AvgIpc) is 2.51. The van der Waals surface area contributed by atoms with Crippen LogP contribution in [-0.2, 0) is 16.1 Å². The molecule has 120 valence electrons. The maximum absolute atomic E-state index is 12.0. The van der Waals surface area contributed by atoms with Gasteiger partial charge in [0.25, 0.3) is 5.56 Å². The van der Waals surface area contributed by atoms with Gasteiger partial charge in [0.2, 0.25) is 5.91 Å². The van der Waals surface area contributed by atoms with Crippen LogP contribution in [-0.4, -0.2) is 28.5 Å². The second kappa shape index (κ2) is 6.73. The standard InChI is InChI=1S/C15H15N3O5/c1-9-10(14(21)23-2)4-3-5-11(9)16-13(20)8-18-7-6-12(19)17-15(18)22/h3-7H,8H2,1-2H3,(H,16,20)(H,17,19,22). The third kappa shape index (κ3) is 3.73. The van der Waals surface area contributed by atoms with E-state index in [-0.39, 0.29) is 6.54 Å². The van der Waals surface area contributed by atoms with Crippen molar-refractivity contribution in [2.24, 2.45) is 0 Å². The number of hydrogen-bond donors (Lipinski definition) is 2. The number of ether oxygens (including phenoxy) is 1. The number of esters is 1. The molecule has 8 heteroatoms. The quantitative estimate of drug-likeness (QED) is 0.787. The number of nitrogens with one attached hydrogen (secondary N) is 2. The number of carbonyl (C=O) groups is 2. The number of methoxy groups -OCH3 is 1. The summed E-state index contributed by atoms with van der Waals surface area (Å²) in [5.41, 5.74) is 0.129. The summed E-state index contributed by atoms with van der Waals surface area (Å²) in [6.45, 7) is 1.41. The Bertz CT molecular complexity index is 866. The van der Waals surface area contributed by atoms with Crippen molar-refractivity contribution in [3.8, 4) is 0 Å². The van der Waals surface area contributed by atoms with E-state index >= 15 is 0 Å². The summed E-state index contributed by atoms with van der Waals surface area (Å²) >= 11 is 0.